The minimum absolute atomic E-state index is 0.107. The van der Waals surface area contributed by atoms with Gasteiger partial charge in [-0.2, -0.15) is 0 Å². The van der Waals surface area contributed by atoms with Gasteiger partial charge in [-0.05, 0) is 42.6 Å². The molecule has 0 aliphatic rings. The third-order valence-corrected chi connectivity index (χ3v) is 3.23. The molecular weight excluding hydrogens is 266 g/mol. The Morgan fingerprint density at radius 2 is 1.81 bits per heavy atom. The van der Waals surface area contributed by atoms with Crippen LogP contribution in [0.5, 0.6) is 0 Å². The molecule has 5 heteroatoms. The number of nitro groups is 1. The summed E-state index contributed by atoms with van der Waals surface area (Å²) in [5.74, 6) is 0. The number of nitro benzene ring substituents is 1. The van der Waals surface area contributed by atoms with E-state index in [1.165, 1.54) is 5.56 Å². The average molecular weight is 285 g/mol. The van der Waals surface area contributed by atoms with Crippen molar-refractivity contribution >= 4 is 11.4 Å². The van der Waals surface area contributed by atoms with E-state index in [0.29, 0.717) is 13.1 Å². The van der Waals surface area contributed by atoms with Crippen LogP contribution in [0.4, 0.5) is 11.4 Å². The quantitative estimate of drug-likeness (QED) is 0.631. The fourth-order valence-electron chi connectivity index (χ4n) is 2.16. The number of hydrogen-bond donors (Lipinski definition) is 2. The van der Waals surface area contributed by atoms with Gasteiger partial charge in [-0.1, -0.05) is 24.3 Å². The van der Waals surface area contributed by atoms with Crippen molar-refractivity contribution in [2.45, 2.75) is 19.9 Å². The Hall–Kier alpha value is -2.40. The molecule has 2 rings (SSSR count). The average Bonchev–Trinajstić information content (AvgIpc) is 2.46. The van der Waals surface area contributed by atoms with Gasteiger partial charge < -0.3 is 11.1 Å². The lowest BCUT2D eigenvalue weighted by molar-refractivity contribution is -0.384. The molecule has 0 aliphatic heterocycles. The Morgan fingerprint density at radius 3 is 2.43 bits per heavy atom. The second kappa shape index (κ2) is 6.85. The normalized spacial score (nSPS) is 10.4. The number of aryl methyl sites for hydroxylation is 1. The number of benzene rings is 2. The topological polar surface area (TPSA) is 81.2 Å². The molecule has 0 unspecified atom stereocenters. The zero-order valence-electron chi connectivity index (χ0n) is 12.0. The summed E-state index contributed by atoms with van der Waals surface area (Å²) < 4.78 is 0. The van der Waals surface area contributed by atoms with Crippen molar-refractivity contribution in [2.24, 2.45) is 5.73 Å². The van der Waals surface area contributed by atoms with Crippen LogP contribution in [0.1, 0.15) is 16.7 Å². The molecule has 0 aromatic heterocycles. The van der Waals surface area contributed by atoms with Gasteiger partial charge in [0.25, 0.3) is 5.69 Å². The highest BCUT2D eigenvalue weighted by Gasteiger charge is 2.07. The van der Waals surface area contributed by atoms with E-state index >= 15 is 0 Å². The Labute approximate surface area is 123 Å². The first-order valence-corrected chi connectivity index (χ1v) is 6.86. The van der Waals surface area contributed by atoms with E-state index in [-0.39, 0.29) is 10.6 Å². The molecule has 0 aliphatic carbocycles. The van der Waals surface area contributed by atoms with Crippen molar-refractivity contribution < 1.29 is 4.92 Å². The van der Waals surface area contributed by atoms with E-state index < -0.39 is 0 Å². The summed E-state index contributed by atoms with van der Waals surface area (Å²) in [6.07, 6.45) is 0.873. The van der Waals surface area contributed by atoms with Crippen molar-refractivity contribution in [1.29, 1.82) is 0 Å². The van der Waals surface area contributed by atoms with Gasteiger partial charge in [-0.25, -0.2) is 0 Å². The fourth-order valence-corrected chi connectivity index (χ4v) is 2.16. The molecule has 0 heterocycles. The van der Waals surface area contributed by atoms with Crippen LogP contribution in [0.15, 0.2) is 42.5 Å². The SMILES string of the molecule is Cc1cc(NCc2ccc(CCN)cc2)cc([N+](=O)[O-])c1. The van der Waals surface area contributed by atoms with Gasteiger partial charge in [-0.3, -0.25) is 10.1 Å². The second-order valence-electron chi connectivity index (χ2n) is 5.02. The maximum Gasteiger partial charge on any atom is 0.271 e. The largest absolute Gasteiger partial charge is 0.381 e. The molecule has 2 aromatic rings. The van der Waals surface area contributed by atoms with Crippen LogP contribution in [0, 0.1) is 17.0 Å². The van der Waals surface area contributed by atoms with Crippen LogP contribution in [-0.2, 0) is 13.0 Å². The number of rotatable bonds is 6. The van der Waals surface area contributed by atoms with Crippen molar-refractivity contribution in [1.82, 2.24) is 0 Å². The molecule has 0 saturated carbocycles. The van der Waals surface area contributed by atoms with E-state index in [2.05, 4.69) is 17.4 Å². The molecule has 0 spiro atoms. The number of non-ortho nitro benzene ring substituents is 1. The maximum absolute atomic E-state index is 10.8. The van der Waals surface area contributed by atoms with Crippen LogP contribution < -0.4 is 11.1 Å². The molecule has 0 saturated heterocycles. The predicted octanol–water partition coefficient (Wildman–Crippen LogP) is 3.02. The van der Waals surface area contributed by atoms with Crippen molar-refractivity contribution in [2.75, 3.05) is 11.9 Å². The first kappa shape index (κ1) is 15.0. The molecule has 3 N–H and O–H groups in total. The maximum atomic E-state index is 10.8. The zero-order valence-corrected chi connectivity index (χ0v) is 12.0. The molecule has 0 bridgehead atoms. The summed E-state index contributed by atoms with van der Waals surface area (Å²) in [5.41, 5.74) is 9.59. The summed E-state index contributed by atoms with van der Waals surface area (Å²) in [5, 5.41) is 14.1. The highest BCUT2D eigenvalue weighted by Crippen LogP contribution is 2.21. The van der Waals surface area contributed by atoms with Crippen molar-refractivity contribution in [3.63, 3.8) is 0 Å². The third-order valence-electron chi connectivity index (χ3n) is 3.23. The Bertz CT molecular complexity index is 624. The minimum atomic E-state index is -0.375. The molecule has 21 heavy (non-hydrogen) atoms. The third kappa shape index (κ3) is 4.29. The molecule has 0 radical (unpaired) electrons. The molecule has 2 aromatic carbocycles. The van der Waals surface area contributed by atoms with Crippen LogP contribution in [0.3, 0.4) is 0 Å². The van der Waals surface area contributed by atoms with Crippen LogP contribution in [-0.4, -0.2) is 11.5 Å². The van der Waals surface area contributed by atoms with Crippen LogP contribution in [0.2, 0.25) is 0 Å². The molecular formula is C16H19N3O2. The monoisotopic (exact) mass is 285 g/mol. The Morgan fingerprint density at radius 1 is 1.14 bits per heavy atom. The fraction of sp³-hybridized carbons (Fsp3) is 0.250. The van der Waals surface area contributed by atoms with Crippen LogP contribution in [0.25, 0.3) is 0 Å². The van der Waals surface area contributed by atoms with E-state index in [1.54, 1.807) is 12.1 Å². The molecule has 110 valence electrons. The number of anilines is 1. The minimum Gasteiger partial charge on any atom is -0.381 e. The zero-order chi connectivity index (χ0) is 15.2. The smallest absolute Gasteiger partial charge is 0.271 e. The molecule has 0 atom stereocenters. The lowest BCUT2D eigenvalue weighted by Crippen LogP contribution is -2.03. The summed E-state index contributed by atoms with van der Waals surface area (Å²) in [7, 11) is 0. The van der Waals surface area contributed by atoms with Gasteiger partial charge in [0.05, 0.1) is 4.92 Å². The van der Waals surface area contributed by atoms with Gasteiger partial charge in [0.2, 0.25) is 0 Å². The van der Waals surface area contributed by atoms with E-state index in [4.69, 9.17) is 5.73 Å². The number of nitrogens with zero attached hydrogens (tertiary/aromatic N) is 1. The molecule has 0 amide bonds. The highest BCUT2D eigenvalue weighted by atomic mass is 16.6. The predicted molar refractivity (Wildman–Crippen MR) is 84.4 cm³/mol. The second-order valence-corrected chi connectivity index (χ2v) is 5.02. The first-order valence-electron chi connectivity index (χ1n) is 6.86. The summed E-state index contributed by atoms with van der Waals surface area (Å²) in [6.45, 7) is 3.12. The molecule has 5 nitrogen and oxygen atoms in total. The van der Waals surface area contributed by atoms with Gasteiger partial charge in [-0.15, -0.1) is 0 Å². The number of nitrogens with one attached hydrogen (secondary N) is 1. The van der Waals surface area contributed by atoms with Gasteiger partial charge in [0, 0.05) is 24.4 Å². The summed E-state index contributed by atoms with van der Waals surface area (Å²) in [4.78, 5) is 10.5. The van der Waals surface area contributed by atoms with Gasteiger partial charge >= 0.3 is 0 Å². The van der Waals surface area contributed by atoms with E-state index in [0.717, 1.165) is 23.2 Å². The number of hydrogen-bond acceptors (Lipinski definition) is 4. The van der Waals surface area contributed by atoms with Gasteiger partial charge in [0.1, 0.15) is 0 Å². The van der Waals surface area contributed by atoms with Gasteiger partial charge in [0.15, 0.2) is 0 Å². The summed E-state index contributed by atoms with van der Waals surface area (Å²) in [6, 6.07) is 13.2. The molecule has 0 fully saturated rings. The van der Waals surface area contributed by atoms with E-state index in [9.17, 15) is 10.1 Å². The van der Waals surface area contributed by atoms with Crippen LogP contribution >= 0.6 is 0 Å². The Kier molecular flexibility index (Phi) is 4.90. The standard InChI is InChI=1S/C16H19N3O2/c1-12-8-15(10-16(9-12)19(20)21)18-11-14-4-2-13(3-5-14)6-7-17/h2-5,8-10,18H,6-7,11,17H2,1H3. The lowest BCUT2D eigenvalue weighted by Gasteiger charge is -2.08. The highest BCUT2D eigenvalue weighted by molar-refractivity contribution is 5.54. The summed E-state index contributed by atoms with van der Waals surface area (Å²) >= 11 is 0. The first-order chi connectivity index (χ1) is 10.1. The lowest BCUT2D eigenvalue weighted by atomic mass is 10.1. The van der Waals surface area contributed by atoms with Crippen molar-refractivity contribution in [3.05, 3.63) is 69.3 Å². The van der Waals surface area contributed by atoms with E-state index in [1.807, 2.05) is 25.1 Å². The van der Waals surface area contributed by atoms with Crippen molar-refractivity contribution in [3.8, 4) is 0 Å². The Balaban J connectivity index is 2.04. The number of nitrogens with two attached hydrogens (primary N) is 1.